The zero-order valence-electron chi connectivity index (χ0n) is 6.30. The smallest absolute Gasteiger partial charge is 0.254 e. The molecule has 0 aliphatic rings. The monoisotopic (exact) mass is 234 g/mol. The summed E-state index contributed by atoms with van der Waals surface area (Å²) in [6.07, 6.45) is 0. The lowest BCUT2D eigenvalue weighted by Gasteiger charge is -1.96. The second-order valence-electron chi connectivity index (χ2n) is 2.08. The molecular weight excluding hydrogens is 231 g/mol. The first-order chi connectivity index (χ1) is 6.15. The molecule has 0 aliphatic carbocycles. The van der Waals surface area contributed by atoms with Crippen molar-refractivity contribution < 1.29 is 4.79 Å². The Labute approximate surface area is 88.9 Å². The van der Waals surface area contributed by atoms with Gasteiger partial charge in [0.1, 0.15) is 10.9 Å². The molecule has 1 N–H and O–H groups in total. The molecule has 0 fully saturated rings. The van der Waals surface area contributed by atoms with Gasteiger partial charge in [-0.1, -0.05) is 23.2 Å². The van der Waals surface area contributed by atoms with E-state index in [0.717, 1.165) is 11.3 Å². The number of rotatable bonds is 2. The lowest BCUT2D eigenvalue weighted by Crippen LogP contribution is -2.23. The van der Waals surface area contributed by atoms with Crippen LogP contribution in [-0.2, 0) is 0 Å². The summed E-state index contributed by atoms with van der Waals surface area (Å²) in [5, 5.41) is 10.6. The third-order valence-corrected chi connectivity index (χ3v) is 2.72. The fourth-order valence-corrected chi connectivity index (χ4v) is 2.17. The highest BCUT2D eigenvalue weighted by Gasteiger charge is 2.12. The molecule has 0 unspecified atom stereocenters. The molecule has 0 aromatic carbocycles. The maximum Gasteiger partial charge on any atom is 0.254 e. The molecule has 1 heterocycles. The number of nitriles is 1. The molecule has 0 aliphatic heterocycles. The van der Waals surface area contributed by atoms with Crippen LogP contribution in [0.2, 0.25) is 8.67 Å². The first-order valence-corrected chi connectivity index (χ1v) is 4.82. The van der Waals surface area contributed by atoms with Gasteiger partial charge < -0.3 is 5.32 Å². The molecule has 0 saturated heterocycles. The van der Waals surface area contributed by atoms with Crippen molar-refractivity contribution in [2.24, 2.45) is 0 Å². The molecule has 1 rings (SSSR count). The van der Waals surface area contributed by atoms with Gasteiger partial charge >= 0.3 is 0 Å². The molecule has 68 valence electrons. The second kappa shape index (κ2) is 4.47. The van der Waals surface area contributed by atoms with Crippen LogP contribution in [0.25, 0.3) is 0 Å². The van der Waals surface area contributed by atoms with Crippen molar-refractivity contribution in [3.8, 4) is 6.07 Å². The topological polar surface area (TPSA) is 52.9 Å². The molecule has 13 heavy (non-hydrogen) atoms. The maximum absolute atomic E-state index is 11.2. The summed E-state index contributed by atoms with van der Waals surface area (Å²) in [5.74, 6) is -0.380. The van der Waals surface area contributed by atoms with E-state index in [1.54, 1.807) is 6.07 Å². The van der Waals surface area contributed by atoms with Crippen LogP contribution in [0.1, 0.15) is 10.4 Å². The van der Waals surface area contributed by atoms with Gasteiger partial charge in [-0.25, -0.2) is 0 Å². The van der Waals surface area contributed by atoms with E-state index in [4.69, 9.17) is 28.5 Å². The average Bonchev–Trinajstić information content (AvgIpc) is 2.41. The number of hydrogen-bond acceptors (Lipinski definition) is 3. The SMILES string of the molecule is N#CCNC(=O)c1cc(Cl)sc1Cl. The molecule has 1 amide bonds. The van der Waals surface area contributed by atoms with Gasteiger partial charge in [-0.2, -0.15) is 5.26 Å². The quantitative estimate of drug-likeness (QED) is 0.799. The van der Waals surface area contributed by atoms with Gasteiger partial charge in [0.2, 0.25) is 0 Å². The Morgan fingerprint density at radius 3 is 2.85 bits per heavy atom. The summed E-state index contributed by atoms with van der Waals surface area (Å²) >= 11 is 12.5. The molecule has 1 aromatic rings. The van der Waals surface area contributed by atoms with E-state index in [0.29, 0.717) is 14.2 Å². The lowest BCUT2D eigenvalue weighted by molar-refractivity contribution is 0.0959. The third-order valence-electron chi connectivity index (χ3n) is 1.23. The summed E-state index contributed by atoms with van der Waals surface area (Å²) in [6.45, 7) is -0.0391. The van der Waals surface area contributed by atoms with Crippen LogP contribution in [0.15, 0.2) is 6.07 Å². The zero-order chi connectivity index (χ0) is 9.84. The van der Waals surface area contributed by atoms with E-state index < -0.39 is 0 Å². The second-order valence-corrected chi connectivity index (χ2v) is 4.36. The summed E-state index contributed by atoms with van der Waals surface area (Å²) in [5.41, 5.74) is 0.312. The number of thiophene rings is 1. The average molecular weight is 235 g/mol. The van der Waals surface area contributed by atoms with Gasteiger partial charge in [-0.15, -0.1) is 11.3 Å². The molecule has 1 aromatic heterocycles. The van der Waals surface area contributed by atoms with Gasteiger partial charge in [-0.05, 0) is 6.07 Å². The molecule has 0 spiro atoms. The minimum absolute atomic E-state index is 0.0391. The van der Waals surface area contributed by atoms with Crippen molar-refractivity contribution in [1.82, 2.24) is 5.32 Å². The maximum atomic E-state index is 11.2. The molecular formula is C7H4Cl2N2OS. The Morgan fingerprint density at radius 1 is 1.69 bits per heavy atom. The Bertz CT molecular complexity index is 369. The normalized spacial score (nSPS) is 9.31. The summed E-state index contributed by atoms with van der Waals surface area (Å²) in [6, 6.07) is 3.26. The van der Waals surface area contributed by atoms with E-state index in [2.05, 4.69) is 5.32 Å². The Morgan fingerprint density at radius 2 is 2.38 bits per heavy atom. The first-order valence-electron chi connectivity index (χ1n) is 3.25. The molecule has 3 nitrogen and oxygen atoms in total. The lowest BCUT2D eigenvalue weighted by atomic mass is 10.3. The predicted octanol–water partition coefficient (Wildman–Crippen LogP) is 2.31. The van der Waals surface area contributed by atoms with Crippen LogP contribution in [0.4, 0.5) is 0 Å². The zero-order valence-corrected chi connectivity index (χ0v) is 8.63. The molecule has 0 saturated carbocycles. The first kappa shape index (κ1) is 10.3. The highest BCUT2D eigenvalue weighted by Crippen LogP contribution is 2.30. The van der Waals surface area contributed by atoms with Crippen molar-refractivity contribution >= 4 is 40.4 Å². The summed E-state index contributed by atoms with van der Waals surface area (Å²) < 4.78 is 0.785. The van der Waals surface area contributed by atoms with Gasteiger partial charge in [0.25, 0.3) is 5.91 Å². The number of hydrogen-bond donors (Lipinski definition) is 1. The van der Waals surface area contributed by atoms with E-state index in [9.17, 15) is 4.79 Å². The van der Waals surface area contributed by atoms with E-state index in [1.807, 2.05) is 0 Å². The van der Waals surface area contributed by atoms with Crippen LogP contribution in [-0.4, -0.2) is 12.5 Å². The van der Waals surface area contributed by atoms with Crippen LogP contribution in [0.3, 0.4) is 0 Å². The Kier molecular flexibility index (Phi) is 3.55. The number of carbonyl (C=O) groups is 1. The minimum atomic E-state index is -0.380. The fraction of sp³-hybridized carbons (Fsp3) is 0.143. The van der Waals surface area contributed by atoms with Crippen molar-refractivity contribution in [3.63, 3.8) is 0 Å². The third kappa shape index (κ3) is 2.59. The predicted molar refractivity (Wildman–Crippen MR) is 52.3 cm³/mol. The Balaban J connectivity index is 2.78. The van der Waals surface area contributed by atoms with Crippen molar-refractivity contribution in [2.45, 2.75) is 0 Å². The molecule has 0 atom stereocenters. The molecule has 0 bridgehead atoms. The van der Waals surface area contributed by atoms with E-state index >= 15 is 0 Å². The fourth-order valence-electron chi connectivity index (χ4n) is 0.710. The van der Waals surface area contributed by atoms with Crippen LogP contribution in [0, 0.1) is 11.3 Å². The van der Waals surface area contributed by atoms with Crippen LogP contribution in [0.5, 0.6) is 0 Å². The van der Waals surface area contributed by atoms with Crippen molar-refractivity contribution in [1.29, 1.82) is 5.26 Å². The molecule has 6 heteroatoms. The largest absolute Gasteiger partial charge is 0.339 e. The van der Waals surface area contributed by atoms with E-state index in [1.165, 1.54) is 6.07 Å². The molecule has 0 radical (unpaired) electrons. The van der Waals surface area contributed by atoms with Crippen molar-refractivity contribution in [2.75, 3.05) is 6.54 Å². The highest BCUT2D eigenvalue weighted by molar-refractivity contribution is 7.20. The van der Waals surface area contributed by atoms with Crippen LogP contribution < -0.4 is 5.32 Å². The summed E-state index contributed by atoms with van der Waals surface area (Å²) in [7, 11) is 0. The summed E-state index contributed by atoms with van der Waals surface area (Å²) in [4.78, 5) is 11.2. The number of carbonyl (C=O) groups excluding carboxylic acids is 1. The highest BCUT2D eigenvalue weighted by atomic mass is 35.5. The minimum Gasteiger partial charge on any atom is -0.339 e. The van der Waals surface area contributed by atoms with E-state index in [-0.39, 0.29) is 12.5 Å². The van der Waals surface area contributed by atoms with Crippen LogP contribution >= 0.6 is 34.5 Å². The number of nitrogens with one attached hydrogen (secondary N) is 1. The van der Waals surface area contributed by atoms with Gasteiger partial charge in [0.05, 0.1) is 16.0 Å². The Hall–Kier alpha value is -0.760. The van der Waals surface area contributed by atoms with Gasteiger partial charge in [-0.3, -0.25) is 4.79 Å². The number of amides is 1. The standard InChI is InChI=1S/C7H4Cl2N2OS/c8-5-3-4(6(9)13-5)7(12)11-2-1-10/h3H,2H2,(H,11,12). The number of nitrogens with zero attached hydrogens (tertiary/aromatic N) is 1. The van der Waals surface area contributed by atoms with Gasteiger partial charge in [0.15, 0.2) is 0 Å². The van der Waals surface area contributed by atoms with Crippen molar-refractivity contribution in [3.05, 3.63) is 20.3 Å². The number of halogens is 2. The van der Waals surface area contributed by atoms with Gasteiger partial charge in [0, 0.05) is 0 Å².